The normalized spacial score (nSPS) is 22.4. The molecule has 2 rings (SSSR count). The summed E-state index contributed by atoms with van der Waals surface area (Å²) >= 11 is 3.34. The quantitative estimate of drug-likeness (QED) is 0.772. The second kappa shape index (κ2) is 7.17. The Morgan fingerprint density at radius 1 is 1.52 bits per heavy atom. The van der Waals surface area contributed by atoms with E-state index in [1.54, 1.807) is 11.0 Å². The van der Waals surface area contributed by atoms with Crippen LogP contribution in [-0.2, 0) is 4.74 Å². The van der Waals surface area contributed by atoms with Crippen LogP contribution in [0.5, 0.6) is 5.75 Å². The van der Waals surface area contributed by atoms with Gasteiger partial charge in [-0.1, -0.05) is 22.0 Å². The zero-order chi connectivity index (χ0) is 15.4. The van der Waals surface area contributed by atoms with Gasteiger partial charge in [0.1, 0.15) is 5.75 Å². The molecule has 1 fully saturated rings. The fourth-order valence-corrected chi connectivity index (χ4v) is 2.64. The van der Waals surface area contributed by atoms with Crippen LogP contribution < -0.4 is 4.74 Å². The van der Waals surface area contributed by atoms with E-state index < -0.39 is 6.61 Å². The number of morpholine rings is 1. The number of hydrogen-bond acceptors (Lipinski definition) is 3. The summed E-state index contributed by atoms with van der Waals surface area (Å²) in [4.78, 5) is 14.1. The van der Waals surface area contributed by atoms with E-state index in [-0.39, 0.29) is 23.9 Å². The van der Waals surface area contributed by atoms with Crippen LogP contribution in [0.3, 0.4) is 0 Å². The van der Waals surface area contributed by atoms with E-state index in [0.29, 0.717) is 24.0 Å². The molecule has 2 unspecified atom stereocenters. The first kappa shape index (κ1) is 16.2. The van der Waals surface area contributed by atoms with E-state index in [4.69, 9.17) is 4.74 Å². The summed E-state index contributed by atoms with van der Waals surface area (Å²) in [5.74, 6) is -0.231. The number of amides is 1. The highest BCUT2D eigenvalue weighted by atomic mass is 79.9. The first-order valence-corrected chi connectivity index (χ1v) is 7.67. The minimum absolute atomic E-state index is 0.0193. The van der Waals surface area contributed by atoms with E-state index in [1.165, 1.54) is 18.2 Å². The van der Waals surface area contributed by atoms with Gasteiger partial charge < -0.3 is 14.4 Å². The number of rotatable bonds is 4. The Balaban J connectivity index is 2.11. The molecule has 21 heavy (non-hydrogen) atoms. The number of hydrogen-bond donors (Lipinski definition) is 0. The highest BCUT2D eigenvalue weighted by Gasteiger charge is 2.28. The molecule has 1 aliphatic heterocycles. The Kier molecular flexibility index (Phi) is 5.52. The predicted molar refractivity (Wildman–Crippen MR) is 77.1 cm³/mol. The molecule has 1 aliphatic rings. The van der Waals surface area contributed by atoms with Crippen molar-refractivity contribution in [1.29, 1.82) is 0 Å². The summed E-state index contributed by atoms with van der Waals surface area (Å²) in [7, 11) is 0. The minimum atomic E-state index is -2.91. The van der Waals surface area contributed by atoms with Gasteiger partial charge in [0.15, 0.2) is 0 Å². The van der Waals surface area contributed by atoms with Crippen molar-refractivity contribution in [2.75, 3.05) is 18.4 Å². The highest BCUT2D eigenvalue weighted by Crippen LogP contribution is 2.20. The summed E-state index contributed by atoms with van der Waals surface area (Å²) in [6, 6.07) is 5.84. The monoisotopic (exact) mass is 363 g/mol. The lowest BCUT2D eigenvalue weighted by Gasteiger charge is -2.36. The summed E-state index contributed by atoms with van der Waals surface area (Å²) in [6.45, 7) is -0.0706. The lowest BCUT2D eigenvalue weighted by atomic mass is 10.1. The standard InChI is InChI=1S/C14H16BrF2NO3/c1-9-7-18(8-12(6-15)20-9)13(19)10-3-2-4-11(5-10)21-14(16)17/h2-5,9,12,14H,6-8H2,1H3. The van der Waals surface area contributed by atoms with Crippen molar-refractivity contribution >= 4 is 21.8 Å². The number of carbonyl (C=O) groups excluding carboxylic acids is 1. The maximum Gasteiger partial charge on any atom is 0.387 e. The van der Waals surface area contributed by atoms with Crippen LogP contribution in [0, 0.1) is 0 Å². The van der Waals surface area contributed by atoms with E-state index >= 15 is 0 Å². The fraction of sp³-hybridized carbons (Fsp3) is 0.500. The third-order valence-electron chi connectivity index (χ3n) is 3.09. The predicted octanol–water partition coefficient (Wildman–Crippen LogP) is 2.91. The molecule has 1 aromatic carbocycles. The summed E-state index contributed by atoms with van der Waals surface area (Å²) in [6.07, 6.45) is -0.135. The van der Waals surface area contributed by atoms with Gasteiger partial charge in [-0.05, 0) is 25.1 Å². The number of ether oxygens (including phenoxy) is 2. The molecule has 1 heterocycles. The lowest BCUT2D eigenvalue weighted by Crippen LogP contribution is -2.49. The lowest BCUT2D eigenvalue weighted by molar-refractivity contribution is -0.0561. The Bertz CT molecular complexity index is 501. The van der Waals surface area contributed by atoms with E-state index in [9.17, 15) is 13.6 Å². The molecule has 7 heteroatoms. The van der Waals surface area contributed by atoms with Crippen LogP contribution in [0.4, 0.5) is 8.78 Å². The molecular formula is C14H16BrF2NO3. The second-order valence-corrected chi connectivity index (χ2v) is 5.49. The van der Waals surface area contributed by atoms with Crippen LogP contribution in [0.2, 0.25) is 0 Å². The largest absolute Gasteiger partial charge is 0.435 e. The van der Waals surface area contributed by atoms with Crippen LogP contribution in [0.15, 0.2) is 24.3 Å². The summed E-state index contributed by atoms with van der Waals surface area (Å²) in [5, 5.41) is 0.635. The molecular weight excluding hydrogens is 348 g/mol. The summed E-state index contributed by atoms with van der Waals surface area (Å²) in [5.41, 5.74) is 0.329. The fourth-order valence-electron chi connectivity index (χ4n) is 2.28. The maximum absolute atomic E-state index is 12.5. The number of benzene rings is 1. The van der Waals surface area contributed by atoms with Crippen molar-refractivity contribution < 1.29 is 23.0 Å². The molecule has 1 aromatic rings. The highest BCUT2D eigenvalue weighted by molar-refractivity contribution is 9.09. The van der Waals surface area contributed by atoms with Gasteiger partial charge in [0.05, 0.1) is 12.2 Å². The van der Waals surface area contributed by atoms with E-state index in [0.717, 1.165) is 0 Å². The Morgan fingerprint density at radius 2 is 2.29 bits per heavy atom. The first-order valence-electron chi connectivity index (χ1n) is 6.55. The molecule has 2 atom stereocenters. The zero-order valence-electron chi connectivity index (χ0n) is 11.5. The van der Waals surface area contributed by atoms with Crippen molar-refractivity contribution in [2.24, 2.45) is 0 Å². The molecule has 0 bridgehead atoms. The van der Waals surface area contributed by atoms with Crippen LogP contribution in [0.25, 0.3) is 0 Å². The SMILES string of the molecule is CC1CN(C(=O)c2cccc(OC(F)F)c2)CC(CBr)O1. The average Bonchev–Trinajstić information content (AvgIpc) is 2.45. The molecule has 0 aliphatic carbocycles. The maximum atomic E-state index is 12.5. The van der Waals surface area contributed by atoms with Crippen molar-refractivity contribution in [3.8, 4) is 5.75 Å². The third-order valence-corrected chi connectivity index (χ3v) is 3.81. The van der Waals surface area contributed by atoms with Gasteiger partial charge in [-0.3, -0.25) is 4.79 Å². The van der Waals surface area contributed by atoms with Gasteiger partial charge in [-0.25, -0.2) is 0 Å². The number of carbonyl (C=O) groups is 1. The first-order chi connectivity index (χ1) is 9.99. The molecule has 116 valence electrons. The minimum Gasteiger partial charge on any atom is -0.435 e. The summed E-state index contributed by atoms with van der Waals surface area (Å²) < 4.78 is 34.4. The van der Waals surface area contributed by atoms with Crippen molar-refractivity contribution in [3.63, 3.8) is 0 Å². The van der Waals surface area contributed by atoms with Crippen molar-refractivity contribution in [1.82, 2.24) is 4.90 Å². The molecule has 1 saturated heterocycles. The Labute approximate surface area is 130 Å². The molecule has 0 radical (unpaired) electrons. The Morgan fingerprint density at radius 3 is 2.95 bits per heavy atom. The molecule has 0 aromatic heterocycles. The smallest absolute Gasteiger partial charge is 0.387 e. The molecule has 0 N–H and O–H groups in total. The second-order valence-electron chi connectivity index (χ2n) is 4.84. The van der Waals surface area contributed by atoms with Crippen LogP contribution >= 0.6 is 15.9 Å². The van der Waals surface area contributed by atoms with Crippen molar-refractivity contribution in [2.45, 2.75) is 25.7 Å². The number of alkyl halides is 3. The molecule has 4 nitrogen and oxygen atoms in total. The van der Waals surface area contributed by atoms with Gasteiger partial charge >= 0.3 is 6.61 Å². The zero-order valence-corrected chi connectivity index (χ0v) is 13.1. The van der Waals surface area contributed by atoms with Gasteiger partial charge in [0.2, 0.25) is 0 Å². The van der Waals surface area contributed by atoms with Crippen LogP contribution in [0.1, 0.15) is 17.3 Å². The van der Waals surface area contributed by atoms with E-state index in [2.05, 4.69) is 20.7 Å². The third kappa shape index (κ3) is 4.38. The van der Waals surface area contributed by atoms with Gasteiger partial charge in [0, 0.05) is 24.0 Å². The van der Waals surface area contributed by atoms with Gasteiger partial charge in [-0.2, -0.15) is 8.78 Å². The average molecular weight is 364 g/mol. The van der Waals surface area contributed by atoms with Gasteiger partial charge in [-0.15, -0.1) is 0 Å². The van der Waals surface area contributed by atoms with Gasteiger partial charge in [0.25, 0.3) is 5.91 Å². The van der Waals surface area contributed by atoms with Crippen molar-refractivity contribution in [3.05, 3.63) is 29.8 Å². The van der Waals surface area contributed by atoms with Crippen LogP contribution in [-0.4, -0.2) is 48.0 Å². The number of halogens is 3. The number of nitrogens with zero attached hydrogens (tertiary/aromatic N) is 1. The molecule has 0 saturated carbocycles. The van der Waals surface area contributed by atoms with E-state index in [1.807, 2.05) is 6.92 Å². The topological polar surface area (TPSA) is 38.8 Å². The molecule has 0 spiro atoms. The molecule has 1 amide bonds. The Hall–Kier alpha value is -1.21.